The SMILES string of the molecule is O=C(Cc1ccc(F)cc1)NC1(C(=O)O)CCSCC1. The minimum absolute atomic E-state index is 0.0580. The van der Waals surface area contributed by atoms with Crippen LogP contribution in [0.1, 0.15) is 18.4 Å². The monoisotopic (exact) mass is 297 g/mol. The van der Waals surface area contributed by atoms with Gasteiger partial charge in [0.1, 0.15) is 11.4 Å². The van der Waals surface area contributed by atoms with Gasteiger partial charge in [0.05, 0.1) is 6.42 Å². The summed E-state index contributed by atoms with van der Waals surface area (Å²) in [7, 11) is 0. The van der Waals surface area contributed by atoms with E-state index in [-0.39, 0.29) is 18.1 Å². The maximum absolute atomic E-state index is 12.8. The number of carbonyl (C=O) groups excluding carboxylic acids is 1. The number of aliphatic carboxylic acids is 1. The molecule has 108 valence electrons. The second-order valence-corrected chi connectivity index (χ2v) is 6.08. The Labute approximate surface area is 120 Å². The third-order valence-electron chi connectivity index (χ3n) is 3.41. The van der Waals surface area contributed by atoms with Crippen molar-refractivity contribution in [3.8, 4) is 0 Å². The van der Waals surface area contributed by atoms with Gasteiger partial charge in [-0.2, -0.15) is 11.8 Å². The summed E-state index contributed by atoms with van der Waals surface area (Å²) in [4.78, 5) is 23.4. The van der Waals surface area contributed by atoms with Crippen LogP contribution in [-0.2, 0) is 16.0 Å². The summed E-state index contributed by atoms with van der Waals surface area (Å²) >= 11 is 1.69. The van der Waals surface area contributed by atoms with Crippen molar-refractivity contribution in [2.45, 2.75) is 24.8 Å². The highest BCUT2D eigenvalue weighted by molar-refractivity contribution is 7.99. The minimum Gasteiger partial charge on any atom is -0.480 e. The third-order valence-corrected chi connectivity index (χ3v) is 4.40. The Bertz CT molecular complexity index is 498. The van der Waals surface area contributed by atoms with Crippen LogP contribution < -0.4 is 5.32 Å². The maximum atomic E-state index is 12.8. The molecule has 0 radical (unpaired) electrons. The van der Waals surface area contributed by atoms with E-state index in [1.165, 1.54) is 24.3 Å². The highest BCUT2D eigenvalue weighted by atomic mass is 32.2. The zero-order chi connectivity index (χ0) is 14.6. The van der Waals surface area contributed by atoms with E-state index >= 15 is 0 Å². The lowest BCUT2D eigenvalue weighted by Crippen LogP contribution is -2.56. The highest BCUT2D eigenvalue weighted by Crippen LogP contribution is 2.27. The van der Waals surface area contributed by atoms with Crippen molar-refractivity contribution >= 4 is 23.6 Å². The van der Waals surface area contributed by atoms with Crippen LogP contribution in [0.2, 0.25) is 0 Å². The average molecular weight is 297 g/mol. The van der Waals surface area contributed by atoms with Gasteiger partial charge < -0.3 is 10.4 Å². The molecule has 1 saturated heterocycles. The van der Waals surface area contributed by atoms with Gasteiger partial charge in [-0.15, -0.1) is 0 Å². The van der Waals surface area contributed by atoms with E-state index in [0.717, 1.165) is 11.5 Å². The molecule has 0 atom stereocenters. The van der Waals surface area contributed by atoms with Crippen molar-refractivity contribution in [3.05, 3.63) is 35.6 Å². The maximum Gasteiger partial charge on any atom is 0.329 e. The molecule has 0 aromatic heterocycles. The normalized spacial score (nSPS) is 17.4. The fraction of sp³-hybridized carbons (Fsp3) is 0.429. The van der Waals surface area contributed by atoms with Gasteiger partial charge in [-0.25, -0.2) is 9.18 Å². The Morgan fingerprint density at radius 2 is 1.85 bits per heavy atom. The molecule has 4 nitrogen and oxygen atoms in total. The molecule has 1 fully saturated rings. The minimum atomic E-state index is -1.15. The Morgan fingerprint density at radius 3 is 2.40 bits per heavy atom. The smallest absolute Gasteiger partial charge is 0.329 e. The second kappa shape index (κ2) is 6.26. The first-order chi connectivity index (χ1) is 9.52. The van der Waals surface area contributed by atoms with Gasteiger partial charge in [-0.05, 0) is 42.0 Å². The predicted molar refractivity (Wildman–Crippen MR) is 75.2 cm³/mol. The number of hydrogen-bond donors (Lipinski definition) is 2. The molecule has 20 heavy (non-hydrogen) atoms. The van der Waals surface area contributed by atoms with E-state index in [1.54, 1.807) is 11.8 Å². The number of halogens is 1. The van der Waals surface area contributed by atoms with Crippen molar-refractivity contribution in [2.24, 2.45) is 0 Å². The summed E-state index contributed by atoms with van der Waals surface area (Å²) in [5.74, 6) is -0.233. The number of benzene rings is 1. The van der Waals surface area contributed by atoms with Crippen molar-refractivity contribution in [1.29, 1.82) is 0 Å². The van der Waals surface area contributed by atoms with E-state index in [2.05, 4.69) is 5.32 Å². The molecule has 1 aromatic rings. The molecule has 0 saturated carbocycles. The first-order valence-electron chi connectivity index (χ1n) is 6.38. The number of amides is 1. The zero-order valence-corrected chi connectivity index (χ0v) is 11.7. The van der Waals surface area contributed by atoms with E-state index in [1.807, 2.05) is 0 Å². The number of carboxylic acids is 1. The van der Waals surface area contributed by atoms with Crippen LogP contribution in [0.5, 0.6) is 0 Å². The first-order valence-corrected chi connectivity index (χ1v) is 7.54. The van der Waals surface area contributed by atoms with Gasteiger partial charge in [-0.3, -0.25) is 4.79 Å². The van der Waals surface area contributed by atoms with Crippen LogP contribution in [0.3, 0.4) is 0 Å². The van der Waals surface area contributed by atoms with E-state index in [4.69, 9.17) is 0 Å². The molecular formula is C14H16FNO3S. The van der Waals surface area contributed by atoms with Crippen LogP contribution in [0.25, 0.3) is 0 Å². The molecule has 0 unspecified atom stereocenters. The summed E-state index contributed by atoms with van der Waals surface area (Å²) in [5.41, 5.74) is -0.489. The Morgan fingerprint density at radius 1 is 1.25 bits per heavy atom. The lowest BCUT2D eigenvalue weighted by molar-refractivity contribution is -0.148. The summed E-state index contributed by atoms with van der Waals surface area (Å²) in [6.07, 6.45) is 0.923. The fourth-order valence-corrected chi connectivity index (χ4v) is 3.40. The summed E-state index contributed by atoms with van der Waals surface area (Å²) < 4.78 is 12.8. The predicted octanol–water partition coefficient (Wildman–Crippen LogP) is 1.83. The van der Waals surface area contributed by atoms with Gasteiger partial charge in [0.25, 0.3) is 0 Å². The van der Waals surface area contributed by atoms with Gasteiger partial charge in [0, 0.05) is 0 Å². The molecule has 1 heterocycles. The van der Waals surface area contributed by atoms with Crippen molar-refractivity contribution in [3.63, 3.8) is 0 Å². The zero-order valence-electron chi connectivity index (χ0n) is 10.9. The molecule has 1 aliphatic heterocycles. The quantitative estimate of drug-likeness (QED) is 0.890. The molecule has 2 rings (SSSR count). The number of thioether (sulfide) groups is 1. The van der Waals surface area contributed by atoms with E-state index in [0.29, 0.717) is 18.4 Å². The number of nitrogens with one attached hydrogen (secondary N) is 1. The van der Waals surface area contributed by atoms with Crippen LogP contribution in [-0.4, -0.2) is 34.0 Å². The van der Waals surface area contributed by atoms with Crippen LogP contribution in [0.15, 0.2) is 24.3 Å². The summed E-state index contributed by atoms with van der Waals surface area (Å²) in [5, 5.41) is 12.0. The largest absolute Gasteiger partial charge is 0.480 e. The Kier molecular flexibility index (Phi) is 4.65. The van der Waals surface area contributed by atoms with Crippen molar-refractivity contribution in [2.75, 3.05) is 11.5 Å². The molecule has 0 spiro atoms. The fourth-order valence-electron chi connectivity index (χ4n) is 2.21. The van der Waals surface area contributed by atoms with Crippen LogP contribution in [0.4, 0.5) is 4.39 Å². The number of hydrogen-bond acceptors (Lipinski definition) is 3. The van der Waals surface area contributed by atoms with E-state index in [9.17, 15) is 19.1 Å². The molecule has 1 amide bonds. The molecular weight excluding hydrogens is 281 g/mol. The Balaban J connectivity index is 2.01. The third kappa shape index (κ3) is 3.50. The van der Waals surface area contributed by atoms with Gasteiger partial charge in [-0.1, -0.05) is 12.1 Å². The standard InChI is InChI=1S/C14H16FNO3S/c15-11-3-1-10(2-4-11)9-12(17)16-14(13(18)19)5-7-20-8-6-14/h1-4H,5-9H2,(H,16,17)(H,18,19). The van der Waals surface area contributed by atoms with Gasteiger partial charge in [0.15, 0.2) is 0 Å². The summed E-state index contributed by atoms with van der Waals surface area (Å²) in [6, 6.07) is 5.62. The lowest BCUT2D eigenvalue weighted by Gasteiger charge is -2.33. The molecule has 0 bridgehead atoms. The second-order valence-electron chi connectivity index (χ2n) is 4.85. The number of carboxylic acid groups (broad SMARTS) is 1. The van der Waals surface area contributed by atoms with Gasteiger partial charge in [0.2, 0.25) is 5.91 Å². The lowest BCUT2D eigenvalue weighted by atomic mass is 9.92. The van der Waals surface area contributed by atoms with E-state index < -0.39 is 11.5 Å². The highest BCUT2D eigenvalue weighted by Gasteiger charge is 2.41. The van der Waals surface area contributed by atoms with Gasteiger partial charge >= 0.3 is 5.97 Å². The van der Waals surface area contributed by atoms with Crippen LogP contribution in [0, 0.1) is 5.82 Å². The number of rotatable bonds is 4. The molecule has 2 N–H and O–H groups in total. The summed E-state index contributed by atoms with van der Waals surface area (Å²) in [6.45, 7) is 0. The Hall–Kier alpha value is -1.56. The van der Waals surface area contributed by atoms with Crippen LogP contribution >= 0.6 is 11.8 Å². The molecule has 1 aromatic carbocycles. The first kappa shape index (κ1) is 14.8. The molecule has 1 aliphatic rings. The van der Waals surface area contributed by atoms with Crippen molar-refractivity contribution in [1.82, 2.24) is 5.32 Å². The molecule has 6 heteroatoms. The average Bonchev–Trinajstić information content (AvgIpc) is 2.42. The topological polar surface area (TPSA) is 66.4 Å². The molecule has 0 aliphatic carbocycles. The van der Waals surface area contributed by atoms with Crippen molar-refractivity contribution < 1.29 is 19.1 Å². The number of carbonyl (C=O) groups is 2.